The van der Waals surface area contributed by atoms with E-state index in [4.69, 9.17) is 0 Å². The van der Waals surface area contributed by atoms with Gasteiger partial charge in [0.2, 0.25) is 5.91 Å². The Hall–Kier alpha value is -1.75. The molecule has 1 aromatic rings. The van der Waals surface area contributed by atoms with Crippen molar-refractivity contribution in [3.05, 3.63) is 35.4 Å². The molecule has 0 unspecified atom stereocenters. The molecule has 0 heterocycles. The minimum absolute atomic E-state index is 0.0495. The Morgan fingerprint density at radius 3 is 2.47 bits per heavy atom. The van der Waals surface area contributed by atoms with Gasteiger partial charge in [0.05, 0.1) is 6.54 Å². The van der Waals surface area contributed by atoms with Crippen LogP contribution >= 0.6 is 0 Å². The molecule has 2 heteroatoms. The largest absolute Gasteiger partial charge is 0.345 e. The minimum Gasteiger partial charge on any atom is -0.345 e. The van der Waals surface area contributed by atoms with Crippen LogP contribution in [0.2, 0.25) is 0 Å². The second kappa shape index (κ2) is 6.75. The van der Waals surface area contributed by atoms with Crippen LogP contribution in [0.4, 0.5) is 0 Å². The van der Waals surface area contributed by atoms with Crippen LogP contribution in [0.5, 0.6) is 0 Å². The van der Waals surface area contributed by atoms with E-state index >= 15 is 0 Å². The zero-order chi connectivity index (χ0) is 12.7. The molecule has 0 aliphatic heterocycles. The quantitative estimate of drug-likeness (QED) is 0.792. The summed E-state index contributed by atoms with van der Waals surface area (Å²) >= 11 is 0. The van der Waals surface area contributed by atoms with E-state index in [2.05, 4.69) is 43.1 Å². The summed E-state index contributed by atoms with van der Waals surface area (Å²) in [6.45, 7) is 6.31. The Morgan fingerprint density at radius 2 is 1.94 bits per heavy atom. The van der Waals surface area contributed by atoms with Crippen LogP contribution in [0, 0.1) is 17.8 Å². The lowest BCUT2D eigenvalue weighted by atomic mass is 10.0. The summed E-state index contributed by atoms with van der Waals surface area (Å²) in [4.78, 5) is 10.6. The molecule has 0 bridgehead atoms. The van der Waals surface area contributed by atoms with Gasteiger partial charge in [-0.25, -0.2) is 0 Å². The first-order valence-corrected chi connectivity index (χ1v) is 5.90. The van der Waals surface area contributed by atoms with Crippen LogP contribution in [-0.2, 0) is 11.2 Å². The molecule has 1 aromatic carbocycles. The van der Waals surface area contributed by atoms with Gasteiger partial charge in [0.25, 0.3) is 0 Å². The van der Waals surface area contributed by atoms with Gasteiger partial charge in [0, 0.05) is 12.5 Å². The Balaban J connectivity index is 2.53. The first kappa shape index (κ1) is 13.3. The maximum Gasteiger partial charge on any atom is 0.217 e. The summed E-state index contributed by atoms with van der Waals surface area (Å²) in [5.41, 5.74) is 2.33. The number of benzene rings is 1. The molecule has 0 fully saturated rings. The fourth-order valence-corrected chi connectivity index (χ4v) is 1.51. The molecule has 17 heavy (non-hydrogen) atoms. The molecule has 0 radical (unpaired) electrons. The summed E-state index contributed by atoms with van der Waals surface area (Å²) in [5, 5.41) is 2.64. The maximum absolute atomic E-state index is 10.6. The minimum atomic E-state index is -0.0495. The summed E-state index contributed by atoms with van der Waals surface area (Å²) in [5.74, 6) is 6.55. The Bertz CT molecular complexity index is 420. The molecular weight excluding hydrogens is 210 g/mol. The van der Waals surface area contributed by atoms with Crippen molar-refractivity contribution in [1.29, 1.82) is 0 Å². The van der Waals surface area contributed by atoms with Gasteiger partial charge in [-0.15, -0.1) is 0 Å². The topological polar surface area (TPSA) is 29.1 Å². The monoisotopic (exact) mass is 229 g/mol. The number of carbonyl (C=O) groups is 1. The third kappa shape index (κ3) is 5.77. The molecular formula is C15H19NO. The molecule has 1 amide bonds. The number of nitrogens with one attached hydrogen (secondary N) is 1. The highest BCUT2D eigenvalue weighted by Crippen LogP contribution is 2.08. The van der Waals surface area contributed by atoms with Gasteiger partial charge in [-0.05, 0) is 30.0 Å². The van der Waals surface area contributed by atoms with Crippen LogP contribution in [-0.4, -0.2) is 12.5 Å². The van der Waals surface area contributed by atoms with Crippen molar-refractivity contribution in [2.45, 2.75) is 27.2 Å². The van der Waals surface area contributed by atoms with Crippen molar-refractivity contribution in [1.82, 2.24) is 5.32 Å². The normalized spacial score (nSPS) is 9.65. The van der Waals surface area contributed by atoms with Crippen LogP contribution in [0.3, 0.4) is 0 Å². The fraction of sp³-hybridized carbons (Fsp3) is 0.400. The molecule has 2 nitrogen and oxygen atoms in total. The van der Waals surface area contributed by atoms with E-state index in [-0.39, 0.29) is 5.91 Å². The highest BCUT2D eigenvalue weighted by Gasteiger charge is 1.96. The van der Waals surface area contributed by atoms with Crippen LogP contribution in [0.15, 0.2) is 24.3 Å². The van der Waals surface area contributed by atoms with Gasteiger partial charge < -0.3 is 5.32 Å². The van der Waals surface area contributed by atoms with Crippen molar-refractivity contribution in [2.24, 2.45) is 5.92 Å². The van der Waals surface area contributed by atoms with Crippen LogP contribution in [0.1, 0.15) is 31.9 Å². The molecule has 0 atom stereocenters. The van der Waals surface area contributed by atoms with Gasteiger partial charge in [-0.2, -0.15) is 0 Å². The van der Waals surface area contributed by atoms with Gasteiger partial charge in [0.1, 0.15) is 0 Å². The van der Waals surface area contributed by atoms with Gasteiger partial charge >= 0.3 is 0 Å². The number of rotatable bonds is 3. The van der Waals surface area contributed by atoms with Crippen LogP contribution in [0.25, 0.3) is 0 Å². The lowest BCUT2D eigenvalue weighted by molar-refractivity contribution is -0.118. The number of hydrogen-bond donors (Lipinski definition) is 1. The van der Waals surface area contributed by atoms with Crippen molar-refractivity contribution in [3.63, 3.8) is 0 Å². The van der Waals surface area contributed by atoms with E-state index in [1.807, 2.05) is 12.1 Å². The molecule has 0 aliphatic carbocycles. The molecule has 1 rings (SSSR count). The third-order valence-corrected chi connectivity index (χ3v) is 2.26. The fourth-order valence-electron chi connectivity index (χ4n) is 1.51. The number of carbonyl (C=O) groups excluding carboxylic acids is 1. The molecule has 90 valence electrons. The number of amides is 1. The SMILES string of the molecule is CC(=O)NCC#Cc1ccc(CC(C)C)cc1. The zero-order valence-corrected chi connectivity index (χ0v) is 10.7. The summed E-state index contributed by atoms with van der Waals surface area (Å²) < 4.78 is 0. The first-order valence-electron chi connectivity index (χ1n) is 5.90. The van der Waals surface area contributed by atoms with Gasteiger partial charge in [0.15, 0.2) is 0 Å². The Kier molecular flexibility index (Phi) is 5.29. The molecule has 0 saturated carbocycles. The second-order valence-corrected chi connectivity index (χ2v) is 4.51. The van der Waals surface area contributed by atoms with E-state index in [1.54, 1.807) is 0 Å². The standard InChI is InChI=1S/C15H19NO/c1-12(2)11-15-8-6-14(7-9-15)5-4-10-16-13(3)17/h6-9,12H,10-11H2,1-3H3,(H,16,17). The van der Waals surface area contributed by atoms with Crippen molar-refractivity contribution >= 4 is 5.91 Å². The molecule has 0 spiro atoms. The summed E-state index contributed by atoms with van der Waals surface area (Å²) in [7, 11) is 0. The highest BCUT2D eigenvalue weighted by molar-refractivity contribution is 5.73. The summed E-state index contributed by atoms with van der Waals surface area (Å²) in [6, 6.07) is 8.28. The molecule has 1 N–H and O–H groups in total. The second-order valence-electron chi connectivity index (χ2n) is 4.51. The summed E-state index contributed by atoms with van der Waals surface area (Å²) in [6.07, 6.45) is 1.10. The molecule has 0 aliphatic rings. The van der Waals surface area contributed by atoms with Gasteiger partial charge in [-0.3, -0.25) is 4.79 Å². The zero-order valence-electron chi connectivity index (χ0n) is 10.7. The average Bonchev–Trinajstić information content (AvgIpc) is 2.25. The molecule has 0 saturated heterocycles. The smallest absolute Gasteiger partial charge is 0.217 e. The van der Waals surface area contributed by atoms with E-state index in [9.17, 15) is 4.79 Å². The average molecular weight is 229 g/mol. The third-order valence-electron chi connectivity index (χ3n) is 2.26. The predicted octanol–water partition coefficient (Wildman–Crippen LogP) is 2.37. The van der Waals surface area contributed by atoms with E-state index in [0.717, 1.165) is 12.0 Å². The van der Waals surface area contributed by atoms with E-state index in [1.165, 1.54) is 12.5 Å². The lowest BCUT2D eigenvalue weighted by Crippen LogP contribution is -2.19. The molecule has 0 aromatic heterocycles. The van der Waals surface area contributed by atoms with Crippen LogP contribution < -0.4 is 5.32 Å². The number of hydrogen-bond acceptors (Lipinski definition) is 1. The van der Waals surface area contributed by atoms with E-state index < -0.39 is 0 Å². The maximum atomic E-state index is 10.6. The Labute approximate surface area is 103 Å². The lowest BCUT2D eigenvalue weighted by Gasteiger charge is -2.04. The van der Waals surface area contributed by atoms with Gasteiger partial charge in [-0.1, -0.05) is 37.8 Å². The van der Waals surface area contributed by atoms with Crippen molar-refractivity contribution in [3.8, 4) is 11.8 Å². The predicted molar refractivity (Wildman–Crippen MR) is 70.5 cm³/mol. The van der Waals surface area contributed by atoms with Crippen molar-refractivity contribution in [2.75, 3.05) is 6.54 Å². The van der Waals surface area contributed by atoms with Crippen molar-refractivity contribution < 1.29 is 4.79 Å². The first-order chi connectivity index (χ1) is 8.08. The Morgan fingerprint density at radius 1 is 1.29 bits per heavy atom. The van der Waals surface area contributed by atoms with E-state index in [0.29, 0.717) is 12.5 Å². The highest BCUT2D eigenvalue weighted by atomic mass is 16.1.